The van der Waals surface area contributed by atoms with Crippen molar-refractivity contribution >= 4 is 35.4 Å². The molecule has 192 valence electrons. The molecule has 37 heavy (non-hydrogen) atoms. The van der Waals surface area contributed by atoms with Gasteiger partial charge in [0.25, 0.3) is 6.47 Å². The molecule has 0 atom stereocenters. The summed E-state index contributed by atoms with van der Waals surface area (Å²) in [6.45, 7) is -0.250. The zero-order chi connectivity index (χ0) is 26.4. The normalized spacial score (nSPS) is 13.1. The van der Waals surface area contributed by atoms with Gasteiger partial charge in [-0.15, -0.1) is 0 Å². The Balaban J connectivity index is 0.00000102. The number of imidazole rings is 1. The van der Waals surface area contributed by atoms with Crippen LogP contribution in [0.1, 0.15) is 37.1 Å². The van der Waals surface area contributed by atoms with Gasteiger partial charge in [-0.05, 0) is 49.4 Å². The lowest BCUT2D eigenvalue weighted by atomic mass is 10.1. The lowest BCUT2D eigenvalue weighted by Gasteiger charge is -2.14. The summed E-state index contributed by atoms with van der Waals surface area (Å²) in [5, 5.41) is 13.8. The van der Waals surface area contributed by atoms with Gasteiger partial charge in [-0.1, -0.05) is 18.2 Å². The Kier molecular flexibility index (Phi) is 7.71. The number of ether oxygens (including phenoxy) is 1. The number of hydrogen-bond donors (Lipinski definition) is 4. The second-order valence-corrected chi connectivity index (χ2v) is 8.20. The molecule has 13 heteroatoms. The quantitative estimate of drug-likeness (QED) is 0.292. The van der Waals surface area contributed by atoms with E-state index in [0.29, 0.717) is 22.6 Å². The van der Waals surface area contributed by atoms with Gasteiger partial charge < -0.3 is 21.3 Å². The molecule has 1 saturated carbocycles. The molecule has 0 bridgehead atoms. The third kappa shape index (κ3) is 5.72. The number of halogens is 1. The summed E-state index contributed by atoms with van der Waals surface area (Å²) in [6, 6.07) is 10.0. The van der Waals surface area contributed by atoms with Crippen LogP contribution >= 0.6 is 0 Å². The van der Waals surface area contributed by atoms with Crippen molar-refractivity contribution in [2.45, 2.75) is 38.2 Å². The Morgan fingerprint density at radius 1 is 1.14 bits per heavy atom. The first-order valence-corrected chi connectivity index (χ1v) is 11.5. The third-order valence-electron chi connectivity index (χ3n) is 5.76. The number of carboxylic acid groups (broad SMARTS) is 1. The molecule has 1 aromatic carbocycles. The number of hydrogen-bond acceptors (Lipinski definition) is 9. The van der Waals surface area contributed by atoms with E-state index in [1.807, 2.05) is 0 Å². The highest BCUT2D eigenvalue weighted by atomic mass is 19.1. The number of nitrogens with zero attached hydrogens (tertiary/aromatic N) is 5. The zero-order valence-corrected chi connectivity index (χ0v) is 19.7. The summed E-state index contributed by atoms with van der Waals surface area (Å²) in [7, 11) is 0. The number of amides is 1. The highest BCUT2D eigenvalue weighted by Gasteiger charge is 2.23. The lowest BCUT2D eigenvalue weighted by Crippen LogP contribution is -2.22. The van der Waals surface area contributed by atoms with Crippen LogP contribution in [0, 0.1) is 5.82 Å². The highest BCUT2D eigenvalue weighted by Crippen LogP contribution is 2.30. The van der Waals surface area contributed by atoms with E-state index < -0.39 is 6.09 Å². The average Bonchev–Trinajstić information content (AvgIpc) is 3.51. The van der Waals surface area contributed by atoms with Gasteiger partial charge in [-0.25, -0.2) is 28.7 Å². The number of carbonyl (C=O) groups excluding carboxylic acids is 1. The molecule has 0 spiro atoms. The standard InChI is InChI=1S/C23H23FN8O2.CH2O2/c24-15-9-4-1-6-13(15)12-17-28-18(16-10-5-11-27-32(16)17)22-30-20(25)19(21(26)31-22)29-23(33)34-14-7-2-3-8-14;2-1-3/h1,4-6,9-11,14H,2-3,7-8,12H2,(H,29,33)(H4,25,26,30,31);1H,(H,2,3). The molecule has 0 aliphatic heterocycles. The summed E-state index contributed by atoms with van der Waals surface area (Å²) in [5.41, 5.74) is 13.8. The van der Waals surface area contributed by atoms with Crippen LogP contribution in [0.15, 0.2) is 42.6 Å². The maximum absolute atomic E-state index is 14.2. The van der Waals surface area contributed by atoms with Crippen molar-refractivity contribution in [3.63, 3.8) is 0 Å². The minimum atomic E-state index is -0.648. The Morgan fingerprint density at radius 2 is 1.81 bits per heavy atom. The van der Waals surface area contributed by atoms with E-state index in [9.17, 15) is 9.18 Å². The van der Waals surface area contributed by atoms with E-state index >= 15 is 0 Å². The van der Waals surface area contributed by atoms with Crippen LogP contribution in [0.25, 0.3) is 17.0 Å². The number of benzene rings is 1. The molecular weight excluding hydrogens is 483 g/mol. The Bertz CT molecular complexity index is 1400. The molecule has 1 fully saturated rings. The van der Waals surface area contributed by atoms with E-state index in [-0.39, 0.29) is 48.0 Å². The summed E-state index contributed by atoms with van der Waals surface area (Å²) in [4.78, 5) is 33.9. The summed E-state index contributed by atoms with van der Waals surface area (Å²) in [5.74, 6) is 0.285. The molecule has 1 amide bonds. The highest BCUT2D eigenvalue weighted by molar-refractivity contribution is 5.93. The summed E-state index contributed by atoms with van der Waals surface area (Å²) < 4.78 is 21.2. The van der Waals surface area contributed by atoms with Crippen molar-refractivity contribution in [2.75, 3.05) is 16.8 Å². The number of aromatic nitrogens is 5. The minimum Gasteiger partial charge on any atom is -0.483 e. The number of nitrogens with two attached hydrogens (primary N) is 2. The van der Waals surface area contributed by atoms with E-state index in [1.165, 1.54) is 6.07 Å². The molecule has 0 radical (unpaired) electrons. The van der Waals surface area contributed by atoms with Crippen molar-refractivity contribution in [3.8, 4) is 11.5 Å². The van der Waals surface area contributed by atoms with Crippen LogP contribution < -0.4 is 16.8 Å². The number of nitrogens with one attached hydrogen (secondary N) is 1. The number of nitrogen functional groups attached to an aromatic ring is 2. The lowest BCUT2D eigenvalue weighted by molar-refractivity contribution is -0.122. The van der Waals surface area contributed by atoms with Crippen LogP contribution in [0.5, 0.6) is 0 Å². The molecule has 6 N–H and O–H groups in total. The molecule has 1 aliphatic rings. The predicted molar refractivity (Wildman–Crippen MR) is 133 cm³/mol. The molecule has 5 rings (SSSR count). The fraction of sp³-hybridized carbons (Fsp3) is 0.250. The summed E-state index contributed by atoms with van der Waals surface area (Å²) >= 11 is 0. The van der Waals surface area contributed by atoms with Crippen LogP contribution in [0.3, 0.4) is 0 Å². The van der Waals surface area contributed by atoms with Crippen molar-refractivity contribution in [1.29, 1.82) is 0 Å². The maximum Gasteiger partial charge on any atom is 0.412 e. The number of fused-ring (bicyclic) bond motifs is 1. The fourth-order valence-corrected chi connectivity index (χ4v) is 4.10. The van der Waals surface area contributed by atoms with Crippen molar-refractivity contribution in [3.05, 3.63) is 59.8 Å². The monoisotopic (exact) mass is 508 g/mol. The van der Waals surface area contributed by atoms with E-state index in [2.05, 4.69) is 25.4 Å². The fourth-order valence-electron chi connectivity index (χ4n) is 4.10. The minimum absolute atomic E-state index is 0.0217. The SMILES string of the molecule is Nc1nc(-c2nc(Cc3ccccc3F)n3ncccc23)nc(N)c1NC(=O)OC1CCCC1.O=CO. The number of rotatable bonds is 5. The smallest absolute Gasteiger partial charge is 0.412 e. The van der Waals surface area contributed by atoms with Gasteiger partial charge in [0.1, 0.15) is 29.1 Å². The van der Waals surface area contributed by atoms with Gasteiger partial charge in [-0.2, -0.15) is 5.10 Å². The van der Waals surface area contributed by atoms with Gasteiger partial charge in [0, 0.05) is 12.6 Å². The maximum atomic E-state index is 14.2. The third-order valence-corrected chi connectivity index (χ3v) is 5.76. The van der Waals surface area contributed by atoms with Crippen LogP contribution in [-0.2, 0) is 16.0 Å². The van der Waals surface area contributed by atoms with E-state index in [0.717, 1.165) is 25.7 Å². The van der Waals surface area contributed by atoms with Crippen molar-refractivity contribution in [2.24, 2.45) is 0 Å². The van der Waals surface area contributed by atoms with Crippen LogP contribution in [0.2, 0.25) is 0 Å². The van der Waals surface area contributed by atoms with E-state index in [4.69, 9.17) is 26.1 Å². The predicted octanol–water partition coefficient (Wildman–Crippen LogP) is 3.27. The van der Waals surface area contributed by atoms with Gasteiger partial charge in [-0.3, -0.25) is 10.1 Å². The zero-order valence-electron chi connectivity index (χ0n) is 19.7. The Hall–Kier alpha value is -4.81. The summed E-state index contributed by atoms with van der Waals surface area (Å²) in [6.07, 6.45) is 4.80. The van der Waals surface area contributed by atoms with Gasteiger partial charge in [0.15, 0.2) is 17.5 Å². The number of anilines is 3. The van der Waals surface area contributed by atoms with Crippen LogP contribution in [-0.4, -0.2) is 48.3 Å². The van der Waals surface area contributed by atoms with Gasteiger partial charge in [0.05, 0.1) is 5.52 Å². The van der Waals surface area contributed by atoms with Crippen LogP contribution in [0.4, 0.5) is 26.5 Å². The Labute approximate surface area is 210 Å². The molecule has 3 heterocycles. The second-order valence-electron chi connectivity index (χ2n) is 8.20. The molecule has 4 aromatic rings. The largest absolute Gasteiger partial charge is 0.483 e. The van der Waals surface area contributed by atoms with Gasteiger partial charge >= 0.3 is 6.09 Å². The van der Waals surface area contributed by atoms with Gasteiger partial charge in [0.2, 0.25) is 0 Å². The Morgan fingerprint density at radius 3 is 2.49 bits per heavy atom. The first kappa shape index (κ1) is 25.3. The molecule has 12 nitrogen and oxygen atoms in total. The molecular formula is C24H25FN8O4. The van der Waals surface area contributed by atoms with E-state index in [1.54, 1.807) is 41.0 Å². The first-order chi connectivity index (χ1) is 17.9. The second kappa shape index (κ2) is 11.3. The first-order valence-electron chi connectivity index (χ1n) is 11.5. The van der Waals surface area contributed by atoms with Crippen molar-refractivity contribution in [1.82, 2.24) is 24.6 Å². The molecule has 0 unspecified atom stereocenters. The average molecular weight is 509 g/mol. The molecule has 0 saturated heterocycles. The van der Waals surface area contributed by atoms with Crippen molar-refractivity contribution < 1.29 is 23.8 Å². The molecule has 1 aliphatic carbocycles. The molecule has 3 aromatic heterocycles. The number of carbonyl (C=O) groups is 2. The topological polar surface area (TPSA) is 184 Å².